The van der Waals surface area contributed by atoms with Gasteiger partial charge in [-0.2, -0.15) is 0 Å². The zero-order valence-corrected chi connectivity index (χ0v) is 15.1. The molecule has 0 saturated heterocycles. The van der Waals surface area contributed by atoms with Crippen LogP contribution in [0.4, 0.5) is 0 Å². The van der Waals surface area contributed by atoms with E-state index in [1.165, 1.54) is 0 Å². The maximum Gasteiger partial charge on any atom is 0.292 e. The molecule has 0 radical (unpaired) electrons. The fourth-order valence-electron chi connectivity index (χ4n) is 3.48. The van der Waals surface area contributed by atoms with E-state index in [1.807, 2.05) is 60.7 Å². The molecule has 2 aromatic heterocycles. The lowest BCUT2D eigenvalue weighted by molar-refractivity contribution is 0.0689. The number of aromatic amines is 1. The minimum Gasteiger partial charge on any atom is -0.350 e. The van der Waals surface area contributed by atoms with Crippen LogP contribution in [0.2, 0.25) is 0 Å². The standard InChI is InChI=1S/C22H18N4O2/c27-22(20-13-18(25-28-20)15-7-3-1-4-8-15)26-12-11-17-19(14-26)24-21(23-17)16-9-5-2-6-10-16/h1-10,13H,11-12,14H2,(H,23,24). The van der Waals surface area contributed by atoms with Crippen LogP contribution >= 0.6 is 0 Å². The lowest BCUT2D eigenvalue weighted by atomic mass is 10.1. The molecule has 0 bridgehead atoms. The first-order chi connectivity index (χ1) is 13.8. The van der Waals surface area contributed by atoms with Crippen molar-refractivity contribution in [2.24, 2.45) is 0 Å². The largest absolute Gasteiger partial charge is 0.350 e. The number of amides is 1. The number of benzene rings is 2. The van der Waals surface area contributed by atoms with Gasteiger partial charge in [0.2, 0.25) is 5.76 Å². The number of H-pyrrole nitrogens is 1. The van der Waals surface area contributed by atoms with Crippen LogP contribution in [0.15, 0.2) is 71.3 Å². The number of fused-ring (bicyclic) bond motifs is 1. The molecule has 1 N–H and O–H groups in total. The summed E-state index contributed by atoms with van der Waals surface area (Å²) in [6.45, 7) is 1.08. The lowest BCUT2D eigenvalue weighted by Crippen LogP contribution is -2.35. The van der Waals surface area contributed by atoms with E-state index in [9.17, 15) is 4.79 Å². The SMILES string of the molecule is O=C(c1cc(-c2ccccc2)no1)N1CCc2nc(-c3ccccc3)[nH]c2C1. The Hall–Kier alpha value is -3.67. The number of carbonyl (C=O) groups excluding carboxylic acids is 1. The number of rotatable bonds is 3. The van der Waals surface area contributed by atoms with Crippen LogP contribution in [0.25, 0.3) is 22.6 Å². The number of nitrogens with one attached hydrogen (secondary N) is 1. The topological polar surface area (TPSA) is 75.0 Å². The summed E-state index contributed by atoms with van der Waals surface area (Å²) in [6, 6.07) is 21.4. The van der Waals surface area contributed by atoms with Crippen LogP contribution in [-0.4, -0.2) is 32.5 Å². The van der Waals surface area contributed by atoms with Gasteiger partial charge in [-0.1, -0.05) is 65.8 Å². The molecule has 1 amide bonds. The summed E-state index contributed by atoms with van der Waals surface area (Å²) in [7, 11) is 0. The molecule has 2 aromatic carbocycles. The van der Waals surface area contributed by atoms with Crippen molar-refractivity contribution in [3.05, 3.63) is 83.9 Å². The number of imidazole rings is 1. The van der Waals surface area contributed by atoms with E-state index >= 15 is 0 Å². The van der Waals surface area contributed by atoms with Crippen molar-refractivity contribution in [1.82, 2.24) is 20.0 Å². The maximum absolute atomic E-state index is 12.9. The molecule has 0 atom stereocenters. The van der Waals surface area contributed by atoms with Gasteiger partial charge >= 0.3 is 0 Å². The highest BCUT2D eigenvalue weighted by molar-refractivity contribution is 5.92. The minimum absolute atomic E-state index is 0.156. The smallest absolute Gasteiger partial charge is 0.292 e. The van der Waals surface area contributed by atoms with Gasteiger partial charge < -0.3 is 14.4 Å². The van der Waals surface area contributed by atoms with Gasteiger partial charge in [0.15, 0.2) is 0 Å². The van der Waals surface area contributed by atoms with E-state index in [1.54, 1.807) is 11.0 Å². The molecule has 0 aliphatic carbocycles. The number of nitrogens with zero attached hydrogens (tertiary/aromatic N) is 3. The van der Waals surface area contributed by atoms with Gasteiger partial charge in [-0.15, -0.1) is 0 Å². The predicted molar refractivity (Wildman–Crippen MR) is 104 cm³/mol. The monoisotopic (exact) mass is 370 g/mol. The molecule has 0 fully saturated rings. The Bertz CT molecular complexity index is 1120. The van der Waals surface area contributed by atoms with Crippen molar-refractivity contribution in [2.75, 3.05) is 6.54 Å². The van der Waals surface area contributed by atoms with Crippen LogP contribution in [-0.2, 0) is 13.0 Å². The Labute approximate surface area is 161 Å². The highest BCUT2D eigenvalue weighted by atomic mass is 16.5. The molecule has 1 aliphatic heterocycles. The second kappa shape index (κ2) is 6.81. The van der Waals surface area contributed by atoms with Crippen LogP contribution in [0.1, 0.15) is 21.9 Å². The van der Waals surface area contributed by atoms with Gasteiger partial charge in [0.05, 0.1) is 17.9 Å². The van der Waals surface area contributed by atoms with Crippen molar-refractivity contribution in [1.29, 1.82) is 0 Å². The zero-order chi connectivity index (χ0) is 18.9. The fourth-order valence-corrected chi connectivity index (χ4v) is 3.48. The van der Waals surface area contributed by atoms with Gasteiger partial charge in [-0.25, -0.2) is 4.98 Å². The molecule has 0 saturated carbocycles. The molecule has 0 spiro atoms. The summed E-state index contributed by atoms with van der Waals surface area (Å²) in [5, 5.41) is 4.05. The van der Waals surface area contributed by atoms with E-state index < -0.39 is 0 Å². The maximum atomic E-state index is 12.9. The van der Waals surface area contributed by atoms with E-state index in [2.05, 4.69) is 10.1 Å². The highest BCUT2D eigenvalue weighted by Gasteiger charge is 2.27. The number of hydrogen-bond acceptors (Lipinski definition) is 4. The van der Waals surface area contributed by atoms with Gasteiger partial charge in [-0.05, 0) is 0 Å². The minimum atomic E-state index is -0.156. The fraction of sp³-hybridized carbons (Fsp3) is 0.136. The Balaban J connectivity index is 1.36. The van der Waals surface area contributed by atoms with Gasteiger partial charge in [-0.3, -0.25) is 4.79 Å². The van der Waals surface area contributed by atoms with Crippen molar-refractivity contribution in [3.63, 3.8) is 0 Å². The number of carbonyl (C=O) groups is 1. The van der Waals surface area contributed by atoms with E-state index in [4.69, 9.17) is 9.51 Å². The summed E-state index contributed by atoms with van der Waals surface area (Å²) in [6.07, 6.45) is 0.712. The van der Waals surface area contributed by atoms with Gasteiger partial charge in [0.1, 0.15) is 11.5 Å². The predicted octanol–water partition coefficient (Wildman–Crippen LogP) is 3.93. The van der Waals surface area contributed by atoms with Crippen molar-refractivity contribution < 1.29 is 9.32 Å². The van der Waals surface area contributed by atoms with E-state index in [0.717, 1.165) is 28.3 Å². The Morgan fingerprint density at radius 1 is 1.00 bits per heavy atom. The third kappa shape index (κ3) is 2.99. The molecule has 0 unspecified atom stereocenters. The molecule has 3 heterocycles. The quantitative estimate of drug-likeness (QED) is 0.593. The van der Waals surface area contributed by atoms with Gasteiger partial charge in [0.25, 0.3) is 5.91 Å². The molecule has 1 aliphatic rings. The average molecular weight is 370 g/mol. The number of aromatic nitrogens is 3. The van der Waals surface area contributed by atoms with Crippen LogP contribution in [0, 0.1) is 0 Å². The Morgan fingerprint density at radius 3 is 2.46 bits per heavy atom. The summed E-state index contributed by atoms with van der Waals surface area (Å²) < 4.78 is 5.33. The summed E-state index contributed by atoms with van der Waals surface area (Å²) in [4.78, 5) is 22.7. The highest BCUT2D eigenvalue weighted by Crippen LogP contribution is 2.25. The van der Waals surface area contributed by atoms with Crippen LogP contribution in [0.5, 0.6) is 0 Å². The van der Waals surface area contributed by atoms with Gasteiger partial charge in [0, 0.05) is 30.2 Å². The van der Waals surface area contributed by atoms with Crippen LogP contribution in [0.3, 0.4) is 0 Å². The summed E-state index contributed by atoms with van der Waals surface area (Å²) in [5.41, 5.74) is 4.62. The summed E-state index contributed by atoms with van der Waals surface area (Å²) >= 11 is 0. The second-order valence-electron chi connectivity index (χ2n) is 6.80. The first-order valence-corrected chi connectivity index (χ1v) is 9.22. The zero-order valence-electron chi connectivity index (χ0n) is 15.1. The van der Waals surface area contributed by atoms with Crippen molar-refractivity contribution in [3.8, 4) is 22.6 Å². The summed E-state index contributed by atoms with van der Waals surface area (Å²) in [5.74, 6) is 0.937. The molecule has 138 valence electrons. The molecule has 6 heteroatoms. The van der Waals surface area contributed by atoms with Crippen molar-refractivity contribution in [2.45, 2.75) is 13.0 Å². The third-order valence-corrected chi connectivity index (χ3v) is 4.96. The molecular weight excluding hydrogens is 352 g/mol. The van der Waals surface area contributed by atoms with E-state index in [0.29, 0.717) is 25.2 Å². The first-order valence-electron chi connectivity index (χ1n) is 9.22. The normalized spacial score (nSPS) is 13.4. The van der Waals surface area contributed by atoms with Crippen LogP contribution < -0.4 is 0 Å². The molecular formula is C22H18N4O2. The Morgan fingerprint density at radius 2 is 1.71 bits per heavy atom. The van der Waals surface area contributed by atoms with E-state index in [-0.39, 0.29) is 11.7 Å². The number of hydrogen-bond donors (Lipinski definition) is 1. The molecule has 4 aromatic rings. The Kier molecular flexibility index (Phi) is 4.01. The average Bonchev–Trinajstić information content (AvgIpc) is 3.41. The molecule has 5 rings (SSSR count). The first kappa shape index (κ1) is 16.5. The van der Waals surface area contributed by atoms with Crippen molar-refractivity contribution >= 4 is 5.91 Å². The third-order valence-electron chi connectivity index (χ3n) is 4.96. The molecule has 28 heavy (non-hydrogen) atoms. The lowest BCUT2D eigenvalue weighted by Gasteiger charge is -2.24. The molecule has 6 nitrogen and oxygen atoms in total. The second-order valence-corrected chi connectivity index (χ2v) is 6.80.